The first-order chi connectivity index (χ1) is 14.5. The number of nitrogens with zero attached hydrogens (tertiary/aromatic N) is 3. The highest BCUT2D eigenvalue weighted by Crippen LogP contribution is 2.24. The monoisotopic (exact) mass is 406 g/mol. The maximum absolute atomic E-state index is 13.7. The first-order valence-electron chi connectivity index (χ1n) is 10.5. The van der Waals surface area contributed by atoms with Crippen LogP contribution in [0.1, 0.15) is 29.7 Å². The van der Waals surface area contributed by atoms with Gasteiger partial charge in [0.05, 0.1) is 17.1 Å². The Hall–Kier alpha value is -3.02. The second kappa shape index (κ2) is 8.78. The molecular weight excluding hydrogens is 379 g/mol. The number of aryl methyl sites for hydroxylation is 2. The number of benzene rings is 2. The maximum atomic E-state index is 13.7. The average molecular weight is 407 g/mol. The quantitative estimate of drug-likeness (QED) is 0.697. The third kappa shape index (κ3) is 4.42. The van der Waals surface area contributed by atoms with Crippen LogP contribution in [0.5, 0.6) is 0 Å². The Morgan fingerprint density at radius 3 is 2.87 bits per heavy atom. The second-order valence-corrected chi connectivity index (χ2v) is 8.05. The normalized spacial score (nSPS) is 16.6. The summed E-state index contributed by atoms with van der Waals surface area (Å²) in [6.45, 7) is 5.93. The number of anilines is 1. The number of hydrogen-bond acceptors (Lipinski definition) is 4. The molecule has 1 aliphatic heterocycles. The Morgan fingerprint density at radius 2 is 2.03 bits per heavy atom. The largest absolute Gasteiger partial charge is 0.355 e. The van der Waals surface area contributed by atoms with Gasteiger partial charge >= 0.3 is 0 Å². The Bertz CT molecular complexity index is 1070. The van der Waals surface area contributed by atoms with Crippen LogP contribution in [0.3, 0.4) is 0 Å². The molecule has 1 amide bonds. The molecule has 0 aliphatic carbocycles. The van der Waals surface area contributed by atoms with Gasteiger partial charge in [-0.25, -0.2) is 14.4 Å². The fourth-order valence-electron chi connectivity index (χ4n) is 4.06. The highest BCUT2D eigenvalue weighted by Gasteiger charge is 2.27. The lowest BCUT2D eigenvalue weighted by atomic mass is 9.97. The number of hydrogen-bond donors (Lipinski definition) is 1. The molecule has 0 bridgehead atoms. The van der Waals surface area contributed by atoms with Crippen LogP contribution in [-0.4, -0.2) is 35.5 Å². The third-order valence-electron chi connectivity index (χ3n) is 5.76. The maximum Gasteiger partial charge on any atom is 0.226 e. The number of halogens is 1. The van der Waals surface area contributed by atoms with Crippen LogP contribution in [0, 0.1) is 25.6 Å². The van der Waals surface area contributed by atoms with Crippen LogP contribution in [0.2, 0.25) is 0 Å². The van der Waals surface area contributed by atoms with Gasteiger partial charge in [0.25, 0.3) is 0 Å². The number of carbonyl (C=O) groups excluding carboxylic acids is 1. The summed E-state index contributed by atoms with van der Waals surface area (Å²) in [4.78, 5) is 24.3. The fraction of sp³-hybridized carbons (Fsp3) is 0.375. The highest BCUT2D eigenvalue weighted by atomic mass is 19.1. The first kappa shape index (κ1) is 20.3. The van der Waals surface area contributed by atoms with E-state index in [9.17, 15) is 9.18 Å². The first-order valence-corrected chi connectivity index (χ1v) is 10.5. The zero-order chi connectivity index (χ0) is 21.1. The lowest BCUT2D eigenvalue weighted by Crippen LogP contribution is -2.44. The summed E-state index contributed by atoms with van der Waals surface area (Å²) in [6, 6.07) is 12.9. The fourth-order valence-corrected chi connectivity index (χ4v) is 4.06. The van der Waals surface area contributed by atoms with Crippen molar-refractivity contribution in [1.82, 2.24) is 15.3 Å². The highest BCUT2D eigenvalue weighted by molar-refractivity contribution is 5.83. The van der Waals surface area contributed by atoms with Crippen LogP contribution in [-0.2, 0) is 11.2 Å². The van der Waals surface area contributed by atoms with E-state index in [2.05, 4.69) is 35.3 Å². The average Bonchev–Trinajstić information content (AvgIpc) is 2.74. The van der Waals surface area contributed by atoms with Crippen LogP contribution < -0.4 is 10.2 Å². The van der Waals surface area contributed by atoms with Crippen molar-refractivity contribution in [2.75, 3.05) is 24.5 Å². The summed E-state index contributed by atoms with van der Waals surface area (Å²) in [5.74, 6) is 0.366. The molecule has 1 atom stereocenters. The van der Waals surface area contributed by atoms with Crippen LogP contribution in [0.4, 0.5) is 10.3 Å². The van der Waals surface area contributed by atoms with Crippen LogP contribution in [0.25, 0.3) is 10.9 Å². The number of amides is 1. The summed E-state index contributed by atoms with van der Waals surface area (Å²) in [6.07, 6.45) is 2.24. The molecular formula is C24H27FN4O. The topological polar surface area (TPSA) is 58.1 Å². The molecule has 1 fully saturated rings. The lowest BCUT2D eigenvalue weighted by Gasteiger charge is -2.32. The van der Waals surface area contributed by atoms with Gasteiger partial charge in [-0.05, 0) is 56.4 Å². The standard InChI is InChI=1S/C24H27FN4O/c1-16-9-10-20-17(2)27-24(28-22(20)14-16)29-13-5-7-19(15-29)23(30)26-12-11-18-6-3-4-8-21(18)25/h3-4,6,8-10,14,19H,5,7,11-13,15H2,1-2H3,(H,26,30)/t19-/m0/s1. The minimum absolute atomic E-state index is 0.0180. The van der Waals surface area contributed by atoms with E-state index in [0.29, 0.717) is 31.0 Å². The van der Waals surface area contributed by atoms with Gasteiger partial charge in [0, 0.05) is 25.0 Å². The van der Waals surface area contributed by atoms with Gasteiger partial charge in [0.2, 0.25) is 11.9 Å². The second-order valence-electron chi connectivity index (χ2n) is 8.05. The van der Waals surface area contributed by atoms with Crippen LogP contribution >= 0.6 is 0 Å². The predicted octanol–water partition coefficient (Wildman–Crippen LogP) is 3.96. The predicted molar refractivity (Wildman–Crippen MR) is 117 cm³/mol. The van der Waals surface area contributed by atoms with Crippen molar-refractivity contribution < 1.29 is 9.18 Å². The summed E-state index contributed by atoms with van der Waals surface area (Å²) in [7, 11) is 0. The molecule has 2 aromatic carbocycles. The van der Waals surface area contributed by atoms with Gasteiger partial charge in [-0.1, -0.05) is 30.3 Å². The summed E-state index contributed by atoms with van der Waals surface area (Å²) >= 11 is 0. The smallest absolute Gasteiger partial charge is 0.226 e. The van der Waals surface area contributed by atoms with Crippen molar-refractivity contribution in [2.45, 2.75) is 33.1 Å². The zero-order valence-electron chi connectivity index (χ0n) is 17.5. The summed E-state index contributed by atoms with van der Waals surface area (Å²) in [5, 5.41) is 4.03. The van der Waals surface area contributed by atoms with Gasteiger partial charge in [-0.3, -0.25) is 4.79 Å². The van der Waals surface area contributed by atoms with Crippen molar-refractivity contribution in [2.24, 2.45) is 5.92 Å². The van der Waals surface area contributed by atoms with E-state index in [1.54, 1.807) is 12.1 Å². The van der Waals surface area contributed by atoms with Crippen molar-refractivity contribution >= 4 is 22.8 Å². The Kier molecular flexibility index (Phi) is 5.93. The van der Waals surface area contributed by atoms with E-state index in [-0.39, 0.29) is 17.6 Å². The molecule has 3 aromatic rings. The molecule has 0 unspecified atom stereocenters. The molecule has 2 heterocycles. The number of rotatable bonds is 5. The van der Waals surface area contributed by atoms with E-state index in [0.717, 1.165) is 41.5 Å². The molecule has 30 heavy (non-hydrogen) atoms. The molecule has 6 heteroatoms. The third-order valence-corrected chi connectivity index (χ3v) is 5.76. The van der Waals surface area contributed by atoms with E-state index in [1.165, 1.54) is 6.07 Å². The van der Waals surface area contributed by atoms with Crippen LogP contribution in [0.15, 0.2) is 42.5 Å². The molecule has 0 radical (unpaired) electrons. The van der Waals surface area contributed by atoms with E-state index >= 15 is 0 Å². The molecule has 1 aromatic heterocycles. The van der Waals surface area contributed by atoms with Crippen molar-refractivity contribution in [1.29, 1.82) is 0 Å². The zero-order valence-corrected chi connectivity index (χ0v) is 17.5. The number of carbonyl (C=O) groups is 1. The minimum Gasteiger partial charge on any atom is -0.355 e. The molecule has 1 N–H and O–H groups in total. The van der Waals surface area contributed by atoms with Crippen molar-refractivity contribution in [3.8, 4) is 0 Å². The van der Waals surface area contributed by atoms with E-state index in [1.807, 2.05) is 13.0 Å². The molecule has 1 saturated heterocycles. The number of piperidine rings is 1. The van der Waals surface area contributed by atoms with Gasteiger partial charge in [-0.15, -0.1) is 0 Å². The summed E-state index contributed by atoms with van der Waals surface area (Å²) < 4.78 is 13.7. The summed E-state index contributed by atoms with van der Waals surface area (Å²) in [5.41, 5.74) is 3.68. The molecule has 5 nitrogen and oxygen atoms in total. The number of nitrogens with one attached hydrogen (secondary N) is 1. The van der Waals surface area contributed by atoms with E-state index < -0.39 is 0 Å². The molecule has 1 aliphatic rings. The molecule has 156 valence electrons. The SMILES string of the molecule is Cc1ccc2c(C)nc(N3CCC[C@H](C(=O)NCCc4ccccc4F)C3)nc2c1. The molecule has 0 spiro atoms. The van der Waals surface area contributed by atoms with E-state index in [4.69, 9.17) is 9.97 Å². The van der Waals surface area contributed by atoms with Crippen molar-refractivity contribution in [3.63, 3.8) is 0 Å². The Balaban J connectivity index is 1.41. The van der Waals surface area contributed by atoms with Gasteiger partial charge < -0.3 is 10.2 Å². The number of aromatic nitrogens is 2. The lowest BCUT2D eigenvalue weighted by molar-refractivity contribution is -0.125. The van der Waals surface area contributed by atoms with Crippen molar-refractivity contribution in [3.05, 3.63) is 65.1 Å². The Labute approximate surface area is 176 Å². The van der Waals surface area contributed by atoms with Gasteiger partial charge in [-0.2, -0.15) is 0 Å². The molecule has 4 rings (SSSR count). The Morgan fingerprint density at radius 1 is 1.20 bits per heavy atom. The molecule has 0 saturated carbocycles. The number of fused-ring (bicyclic) bond motifs is 1. The minimum atomic E-state index is -0.227. The van der Waals surface area contributed by atoms with Gasteiger partial charge in [0.15, 0.2) is 0 Å². The van der Waals surface area contributed by atoms with Gasteiger partial charge in [0.1, 0.15) is 5.82 Å².